The molecule has 1 heterocycles. The third-order valence-corrected chi connectivity index (χ3v) is 4.14. The molecule has 0 radical (unpaired) electrons. The van der Waals surface area contributed by atoms with Crippen LogP contribution in [-0.4, -0.2) is 13.1 Å². The van der Waals surface area contributed by atoms with E-state index in [2.05, 4.69) is 43.9 Å². The molecule has 1 fully saturated rings. The molecule has 1 saturated heterocycles. The first-order chi connectivity index (χ1) is 8.11. The molecule has 1 aliphatic rings. The molecule has 94 valence electrons. The Labute approximate surface area is 105 Å². The van der Waals surface area contributed by atoms with Gasteiger partial charge in [0, 0.05) is 25.3 Å². The van der Waals surface area contributed by atoms with E-state index < -0.39 is 0 Å². The minimum Gasteiger partial charge on any atom is -0.371 e. The summed E-state index contributed by atoms with van der Waals surface area (Å²) < 4.78 is 0. The lowest BCUT2D eigenvalue weighted by Gasteiger charge is -2.38. The molecular weight excluding hydrogens is 208 g/mol. The molecule has 17 heavy (non-hydrogen) atoms. The summed E-state index contributed by atoms with van der Waals surface area (Å²) in [6, 6.07) is 6.61. The van der Waals surface area contributed by atoms with Gasteiger partial charge in [-0.05, 0) is 42.4 Å². The lowest BCUT2D eigenvalue weighted by atomic mass is 9.88. The third kappa shape index (κ3) is 2.63. The maximum absolute atomic E-state index is 5.84. The summed E-state index contributed by atoms with van der Waals surface area (Å²) >= 11 is 0. The van der Waals surface area contributed by atoms with E-state index in [4.69, 9.17) is 5.73 Å². The highest BCUT2D eigenvalue weighted by molar-refractivity contribution is 5.55. The molecule has 0 aliphatic carbocycles. The second-order valence-electron chi connectivity index (χ2n) is 5.53. The van der Waals surface area contributed by atoms with E-state index in [0.29, 0.717) is 6.54 Å². The van der Waals surface area contributed by atoms with Crippen molar-refractivity contribution in [3.8, 4) is 0 Å². The van der Waals surface area contributed by atoms with Crippen LogP contribution >= 0.6 is 0 Å². The standard InChI is InChI=1S/C15H24N2/c1-11-4-5-14(9-16)15(8-11)17-7-6-12(2)13(3)10-17/h4-5,8,12-13H,6-7,9-10,16H2,1-3H3. The van der Waals surface area contributed by atoms with Crippen LogP contribution in [0.4, 0.5) is 5.69 Å². The number of hydrogen-bond donors (Lipinski definition) is 1. The van der Waals surface area contributed by atoms with Gasteiger partial charge in [0.25, 0.3) is 0 Å². The second-order valence-corrected chi connectivity index (χ2v) is 5.53. The summed E-state index contributed by atoms with van der Waals surface area (Å²) in [5.41, 5.74) is 9.79. The topological polar surface area (TPSA) is 29.3 Å². The predicted octanol–water partition coefficient (Wildman–Crippen LogP) is 2.94. The Bertz CT molecular complexity index is 387. The molecule has 0 aromatic heterocycles. The van der Waals surface area contributed by atoms with E-state index in [1.807, 2.05) is 0 Å². The molecule has 0 saturated carbocycles. The van der Waals surface area contributed by atoms with Crippen LogP contribution in [0.1, 0.15) is 31.4 Å². The van der Waals surface area contributed by atoms with Crippen LogP contribution in [0.3, 0.4) is 0 Å². The average molecular weight is 232 g/mol. The number of hydrogen-bond acceptors (Lipinski definition) is 2. The number of rotatable bonds is 2. The van der Waals surface area contributed by atoms with Gasteiger partial charge in [-0.25, -0.2) is 0 Å². The van der Waals surface area contributed by atoms with Crippen molar-refractivity contribution in [2.75, 3.05) is 18.0 Å². The van der Waals surface area contributed by atoms with E-state index in [-0.39, 0.29) is 0 Å². The smallest absolute Gasteiger partial charge is 0.0414 e. The average Bonchev–Trinajstić information content (AvgIpc) is 2.32. The van der Waals surface area contributed by atoms with Crippen LogP contribution in [0.15, 0.2) is 18.2 Å². The highest BCUT2D eigenvalue weighted by atomic mass is 15.1. The van der Waals surface area contributed by atoms with Crippen LogP contribution in [0.25, 0.3) is 0 Å². The summed E-state index contributed by atoms with van der Waals surface area (Å²) in [6.07, 6.45) is 1.29. The largest absolute Gasteiger partial charge is 0.371 e. The molecule has 1 aliphatic heterocycles. The molecule has 2 unspecified atom stereocenters. The third-order valence-electron chi connectivity index (χ3n) is 4.14. The van der Waals surface area contributed by atoms with Crippen LogP contribution < -0.4 is 10.6 Å². The molecule has 2 N–H and O–H groups in total. The molecule has 2 atom stereocenters. The summed E-state index contributed by atoms with van der Waals surface area (Å²) in [6.45, 7) is 9.84. The number of nitrogens with two attached hydrogens (primary N) is 1. The van der Waals surface area contributed by atoms with Crippen LogP contribution in [0.5, 0.6) is 0 Å². The fourth-order valence-corrected chi connectivity index (χ4v) is 2.62. The van der Waals surface area contributed by atoms with Crippen molar-refractivity contribution < 1.29 is 0 Å². The van der Waals surface area contributed by atoms with Crippen molar-refractivity contribution in [1.82, 2.24) is 0 Å². The summed E-state index contributed by atoms with van der Waals surface area (Å²) in [7, 11) is 0. The summed E-state index contributed by atoms with van der Waals surface area (Å²) in [5, 5.41) is 0. The highest BCUT2D eigenvalue weighted by Crippen LogP contribution is 2.29. The Kier molecular flexibility index (Phi) is 3.72. The van der Waals surface area contributed by atoms with Gasteiger partial charge in [-0.3, -0.25) is 0 Å². The molecule has 2 nitrogen and oxygen atoms in total. The van der Waals surface area contributed by atoms with Crippen molar-refractivity contribution in [1.29, 1.82) is 0 Å². The molecular formula is C15H24N2. The summed E-state index contributed by atoms with van der Waals surface area (Å²) in [5.74, 6) is 1.62. The first-order valence-electron chi connectivity index (χ1n) is 6.66. The lowest BCUT2D eigenvalue weighted by molar-refractivity contribution is 0.323. The number of piperidine rings is 1. The Morgan fingerprint density at radius 1 is 1.29 bits per heavy atom. The van der Waals surface area contributed by atoms with E-state index in [9.17, 15) is 0 Å². The lowest BCUT2D eigenvalue weighted by Crippen LogP contribution is -2.39. The first kappa shape index (κ1) is 12.4. The van der Waals surface area contributed by atoms with Crippen molar-refractivity contribution in [2.45, 2.75) is 33.7 Å². The molecule has 0 amide bonds. The maximum atomic E-state index is 5.84. The van der Waals surface area contributed by atoms with Gasteiger partial charge in [-0.2, -0.15) is 0 Å². The van der Waals surface area contributed by atoms with Crippen molar-refractivity contribution in [3.63, 3.8) is 0 Å². The minimum absolute atomic E-state index is 0.635. The monoisotopic (exact) mass is 232 g/mol. The number of anilines is 1. The number of nitrogens with zero attached hydrogens (tertiary/aromatic N) is 1. The van der Waals surface area contributed by atoms with Crippen molar-refractivity contribution in [3.05, 3.63) is 29.3 Å². The minimum atomic E-state index is 0.635. The molecule has 0 spiro atoms. The van der Waals surface area contributed by atoms with E-state index in [1.165, 1.54) is 29.8 Å². The molecule has 1 aromatic rings. The zero-order chi connectivity index (χ0) is 12.4. The molecule has 0 bridgehead atoms. The van der Waals surface area contributed by atoms with Crippen LogP contribution in [-0.2, 0) is 6.54 Å². The van der Waals surface area contributed by atoms with Crippen LogP contribution in [0.2, 0.25) is 0 Å². The number of benzene rings is 1. The van der Waals surface area contributed by atoms with Gasteiger partial charge in [0.05, 0.1) is 0 Å². The van der Waals surface area contributed by atoms with Crippen molar-refractivity contribution >= 4 is 5.69 Å². The normalized spacial score (nSPS) is 25.1. The SMILES string of the molecule is Cc1ccc(CN)c(N2CCC(C)C(C)C2)c1. The summed E-state index contributed by atoms with van der Waals surface area (Å²) in [4.78, 5) is 2.51. The van der Waals surface area contributed by atoms with Gasteiger partial charge in [-0.15, -0.1) is 0 Å². The van der Waals surface area contributed by atoms with Crippen molar-refractivity contribution in [2.24, 2.45) is 17.6 Å². The molecule has 2 rings (SSSR count). The Morgan fingerprint density at radius 2 is 2.06 bits per heavy atom. The van der Waals surface area contributed by atoms with Gasteiger partial charge in [-0.1, -0.05) is 26.0 Å². The Hall–Kier alpha value is -1.02. The van der Waals surface area contributed by atoms with Gasteiger partial charge in [0.1, 0.15) is 0 Å². The zero-order valence-electron chi connectivity index (χ0n) is 11.2. The van der Waals surface area contributed by atoms with Gasteiger partial charge in [0.2, 0.25) is 0 Å². The highest BCUT2D eigenvalue weighted by Gasteiger charge is 2.23. The van der Waals surface area contributed by atoms with Gasteiger partial charge >= 0.3 is 0 Å². The van der Waals surface area contributed by atoms with Gasteiger partial charge in [0.15, 0.2) is 0 Å². The second kappa shape index (κ2) is 5.09. The quantitative estimate of drug-likeness (QED) is 0.849. The molecule has 1 aromatic carbocycles. The van der Waals surface area contributed by atoms with E-state index in [1.54, 1.807) is 0 Å². The fourth-order valence-electron chi connectivity index (χ4n) is 2.62. The zero-order valence-corrected chi connectivity index (χ0v) is 11.2. The maximum Gasteiger partial charge on any atom is 0.0414 e. The van der Waals surface area contributed by atoms with Gasteiger partial charge < -0.3 is 10.6 Å². The molecule has 2 heteroatoms. The predicted molar refractivity (Wildman–Crippen MR) is 74.2 cm³/mol. The first-order valence-corrected chi connectivity index (χ1v) is 6.66. The fraction of sp³-hybridized carbons (Fsp3) is 0.600. The Balaban J connectivity index is 2.24. The van der Waals surface area contributed by atoms with Crippen LogP contribution in [0, 0.1) is 18.8 Å². The van der Waals surface area contributed by atoms with E-state index >= 15 is 0 Å². The Morgan fingerprint density at radius 3 is 2.71 bits per heavy atom. The number of aryl methyl sites for hydroxylation is 1. The van der Waals surface area contributed by atoms with E-state index in [0.717, 1.165) is 18.4 Å².